The second kappa shape index (κ2) is 5.79. The lowest BCUT2D eigenvalue weighted by Gasteiger charge is -2.10. The summed E-state index contributed by atoms with van der Waals surface area (Å²) in [6, 6.07) is 1.92. The number of rotatable bonds is 6. The molecule has 1 unspecified atom stereocenters. The molecule has 0 aliphatic carbocycles. The number of aliphatic hydroxyl groups is 1. The molecule has 0 aliphatic heterocycles. The van der Waals surface area contributed by atoms with E-state index < -0.39 is 6.10 Å². The van der Waals surface area contributed by atoms with Crippen molar-refractivity contribution in [1.29, 1.82) is 0 Å². The van der Waals surface area contributed by atoms with Gasteiger partial charge in [-0.3, -0.25) is 0 Å². The van der Waals surface area contributed by atoms with Crippen molar-refractivity contribution in [3.8, 4) is 0 Å². The normalized spacial score (nSPS) is 12.8. The van der Waals surface area contributed by atoms with Gasteiger partial charge in [-0.25, -0.2) is 9.97 Å². The van der Waals surface area contributed by atoms with Crippen LogP contribution < -0.4 is 5.32 Å². The molecule has 0 saturated heterocycles. The first kappa shape index (κ1) is 12.8. The molecule has 2 aromatic rings. The number of aliphatic hydroxyl groups excluding tert-OH is 1. The van der Waals surface area contributed by atoms with Crippen LogP contribution in [0.3, 0.4) is 0 Å². The van der Waals surface area contributed by atoms with E-state index in [4.69, 9.17) is 4.74 Å². The minimum atomic E-state index is -0.453. The van der Waals surface area contributed by atoms with Crippen LogP contribution in [0.5, 0.6) is 0 Å². The van der Waals surface area contributed by atoms with E-state index in [0.29, 0.717) is 19.6 Å². The number of methoxy groups -OCH3 is 1. The highest BCUT2D eigenvalue weighted by Crippen LogP contribution is 2.18. The zero-order valence-corrected chi connectivity index (χ0v) is 10.6. The summed E-state index contributed by atoms with van der Waals surface area (Å²) in [5.74, 6) is 0.748. The van der Waals surface area contributed by atoms with E-state index in [0.717, 1.165) is 16.9 Å². The van der Waals surface area contributed by atoms with Gasteiger partial charge in [0.2, 0.25) is 0 Å². The fourth-order valence-corrected chi connectivity index (χ4v) is 1.82. The fourth-order valence-electron chi connectivity index (χ4n) is 1.82. The summed E-state index contributed by atoms with van der Waals surface area (Å²) in [4.78, 5) is 8.57. The topological polar surface area (TPSA) is 72.2 Å². The van der Waals surface area contributed by atoms with E-state index >= 15 is 0 Å². The van der Waals surface area contributed by atoms with Crippen LogP contribution in [-0.4, -0.2) is 46.0 Å². The van der Waals surface area contributed by atoms with Crippen molar-refractivity contribution in [2.75, 3.05) is 25.6 Å². The molecule has 6 nitrogen and oxygen atoms in total. The predicted octanol–water partition coefficient (Wildman–Crippen LogP) is 0.778. The van der Waals surface area contributed by atoms with E-state index in [-0.39, 0.29) is 0 Å². The van der Waals surface area contributed by atoms with Gasteiger partial charge in [-0.05, 0) is 12.5 Å². The number of anilines is 1. The lowest BCUT2D eigenvalue weighted by Crippen LogP contribution is -2.18. The Bertz CT molecular complexity index is 512. The zero-order chi connectivity index (χ0) is 13.0. The Morgan fingerprint density at radius 2 is 2.33 bits per heavy atom. The molecular weight excluding hydrogens is 232 g/mol. The third-order valence-electron chi connectivity index (χ3n) is 2.77. The predicted molar refractivity (Wildman–Crippen MR) is 69.5 cm³/mol. The molecule has 2 heterocycles. The Morgan fingerprint density at radius 1 is 1.50 bits per heavy atom. The highest BCUT2D eigenvalue weighted by molar-refractivity contribution is 5.85. The standard InChI is InChI=1S/C12H18N4O2/c1-16-8-15-11-10(16)4-6-14-12(11)13-5-3-9(17)7-18-2/h4,6,8-9,17H,3,5,7H2,1-2H3,(H,13,14). The summed E-state index contributed by atoms with van der Waals surface area (Å²) in [6.07, 6.45) is 3.67. The number of hydrogen-bond acceptors (Lipinski definition) is 5. The second-order valence-corrected chi connectivity index (χ2v) is 4.21. The van der Waals surface area contributed by atoms with Gasteiger partial charge < -0.3 is 19.7 Å². The first-order valence-electron chi connectivity index (χ1n) is 5.89. The van der Waals surface area contributed by atoms with Crippen LogP contribution >= 0.6 is 0 Å². The molecule has 6 heteroatoms. The number of nitrogens with zero attached hydrogens (tertiary/aromatic N) is 3. The van der Waals surface area contributed by atoms with Crippen LogP contribution in [0.1, 0.15) is 6.42 Å². The lowest BCUT2D eigenvalue weighted by atomic mass is 10.2. The summed E-state index contributed by atoms with van der Waals surface area (Å²) in [6.45, 7) is 0.982. The van der Waals surface area contributed by atoms with Gasteiger partial charge in [0.15, 0.2) is 5.82 Å². The SMILES string of the molecule is COCC(O)CCNc1nccc2c1ncn2C. The van der Waals surface area contributed by atoms with Crippen LogP contribution in [0.25, 0.3) is 11.0 Å². The van der Waals surface area contributed by atoms with Crippen LogP contribution in [0.4, 0.5) is 5.82 Å². The maximum atomic E-state index is 9.54. The van der Waals surface area contributed by atoms with Gasteiger partial charge in [-0.15, -0.1) is 0 Å². The maximum absolute atomic E-state index is 9.54. The van der Waals surface area contributed by atoms with Gasteiger partial charge >= 0.3 is 0 Å². The average Bonchev–Trinajstić information content (AvgIpc) is 2.73. The van der Waals surface area contributed by atoms with Crippen molar-refractivity contribution in [2.45, 2.75) is 12.5 Å². The monoisotopic (exact) mass is 250 g/mol. The first-order valence-corrected chi connectivity index (χ1v) is 5.89. The van der Waals surface area contributed by atoms with Crippen molar-refractivity contribution in [3.05, 3.63) is 18.6 Å². The summed E-state index contributed by atoms with van der Waals surface area (Å²) in [7, 11) is 3.52. The third kappa shape index (κ3) is 2.77. The van der Waals surface area contributed by atoms with Gasteiger partial charge in [-0.2, -0.15) is 0 Å². The number of aryl methyl sites for hydroxylation is 1. The van der Waals surface area contributed by atoms with Crippen molar-refractivity contribution < 1.29 is 9.84 Å². The van der Waals surface area contributed by atoms with E-state index in [9.17, 15) is 5.11 Å². The summed E-state index contributed by atoms with van der Waals surface area (Å²) >= 11 is 0. The van der Waals surface area contributed by atoms with Crippen molar-refractivity contribution in [3.63, 3.8) is 0 Å². The Morgan fingerprint density at radius 3 is 3.11 bits per heavy atom. The minimum absolute atomic E-state index is 0.350. The number of nitrogens with one attached hydrogen (secondary N) is 1. The van der Waals surface area contributed by atoms with Gasteiger partial charge in [0.1, 0.15) is 5.52 Å². The van der Waals surface area contributed by atoms with Crippen LogP contribution in [-0.2, 0) is 11.8 Å². The molecule has 18 heavy (non-hydrogen) atoms. The number of fused-ring (bicyclic) bond motifs is 1. The second-order valence-electron chi connectivity index (χ2n) is 4.21. The largest absolute Gasteiger partial charge is 0.391 e. The number of pyridine rings is 1. The van der Waals surface area contributed by atoms with E-state index in [1.165, 1.54) is 0 Å². The Kier molecular flexibility index (Phi) is 4.11. The Balaban J connectivity index is 1.99. The number of ether oxygens (including phenoxy) is 1. The zero-order valence-electron chi connectivity index (χ0n) is 10.6. The molecule has 0 spiro atoms. The minimum Gasteiger partial charge on any atom is -0.391 e. The van der Waals surface area contributed by atoms with Gasteiger partial charge in [-0.1, -0.05) is 0 Å². The third-order valence-corrected chi connectivity index (χ3v) is 2.77. The molecule has 0 saturated carbocycles. The number of imidazole rings is 1. The molecular formula is C12H18N4O2. The molecule has 0 bridgehead atoms. The maximum Gasteiger partial charge on any atom is 0.154 e. The van der Waals surface area contributed by atoms with Crippen molar-refractivity contribution in [1.82, 2.24) is 14.5 Å². The van der Waals surface area contributed by atoms with Gasteiger partial charge in [0.05, 0.1) is 24.6 Å². The van der Waals surface area contributed by atoms with Gasteiger partial charge in [0.25, 0.3) is 0 Å². The van der Waals surface area contributed by atoms with E-state index in [2.05, 4.69) is 15.3 Å². The van der Waals surface area contributed by atoms with Gasteiger partial charge in [0, 0.05) is 26.9 Å². The van der Waals surface area contributed by atoms with Crippen LogP contribution in [0.2, 0.25) is 0 Å². The highest BCUT2D eigenvalue weighted by Gasteiger charge is 2.07. The van der Waals surface area contributed by atoms with E-state index in [1.807, 2.05) is 17.7 Å². The molecule has 0 aliphatic rings. The number of hydrogen-bond donors (Lipinski definition) is 2. The lowest BCUT2D eigenvalue weighted by molar-refractivity contribution is 0.0615. The quantitative estimate of drug-likeness (QED) is 0.792. The average molecular weight is 250 g/mol. The van der Waals surface area contributed by atoms with Crippen LogP contribution in [0.15, 0.2) is 18.6 Å². The van der Waals surface area contributed by atoms with E-state index in [1.54, 1.807) is 19.6 Å². The fraction of sp³-hybridized carbons (Fsp3) is 0.500. The van der Waals surface area contributed by atoms with Crippen molar-refractivity contribution in [2.24, 2.45) is 7.05 Å². The van der Waals surface area contributed by atoms with Crippen LogP contribution in [0, 0.1) is 0 Å². The molecule has 0 radical (unpaired) electrons. The highest BCUT2D eigenvalue weighted by atomic mass is 16.5. The Hall–Kier alpha value is -1.66. The molecule has 2 aromatic heterocycles. The molecule has 0 fully saturated rings. The first-order chi connectivity index (χ1) is 8.72. The molecule has 0 aromatic carbocycles. The summed E-state index contributed by atoms with van der Waals surface area (Å²) in [5, 5.41) is 12.7. The van der Waals surface area contributed by atoms with Crippen molar-refractivity contribution >= 4 is 16.9 Å². The summed E-state index contributed by atoms with van der Waals surface area (Å²) < 4.78 is 6.82. The Labute approximate surface area is 106 Å². The molecule has 0 amide bonds. The molecule has 1 atom stereocenters. The molecule has 2 N–H and O–H groups in total. The smallest absolute Gasteiger partial charge is 0.154 e. The summed E-state index contributed by atoms with van der Waals surface area (Å²) in [5.41, 5.74) is 1.88. The molecule has 98 valence electrons. The number of aromatic nitrogens is 3. The molecule has 2 rings (SSSR count).